The van der Waals surface area contributed by atoms with E-state index in [0.717, 1.165) is 74.3 Å². The third kappa shape index (κ3) is 6.73. The maximum atomic E-state index is 4.90. The van der Waals surface area contributed by atoms with E-state index in [0.29, 0.717) is 0 Å². The molecule has 0 aliphatic heterocycles. The highest BCUT2D eigenvalue weighted by Crippen LogP contribution is 2.30. The molecule has 7 heteroatoms. The lowest BCUT2D eigenvalue weighted by Crippen LogP contribution is -2.32. The van der Waals surface area contributed by atoms with Gasteiger partial charge in [0.25, 0.3) is 0 Å². The Hall–Kier alpha value is -6.73. The number of rotatable bonds is 8. The molecule has 0 aliphatic carbocycles. The zero-order valence-corrected chi connectivity index (χ0v) is 26.5. The van der Waals surface area contributed by atoms with Gasteiger partial charge >= 0.3 is 0 Å². The zero-order chi connectivity index (χ0) is 32.8. The minimum Gasteiger partial charge on any atom is -0.255 e. The number of pyridine rings is 7. The van der Waals surface area contributed by atoms with E-state index in [1.807, 2.05) is 72.8 Å². The topological polar surface area (TPSA) is 81.2 Å². The molecule has 0 bridgehead atoms. The van der Waals surface area contributed by atoms with Gasteiger partial charge < -0.3 is 0 Å². The Labute approximate surface area is 284 Å². The first-order valence-corrected chi connectivity index (χ1v) is 16.0. The normalized spacial score (nSPS) is 10.9. The maximum absolute atomic E-state index is 4.90. The first-order valence-electron chi connectivity index (χ1n) is 16.0. The largest absolute Gasteiger partial charge is 0.255 e. The molecule has 0 saturated heterocycles. The minimum atomic E-state index is 0.740. The summed E-state index contributed by atoms with van der Waals surface area (Å²) < 4.78 is 2.18. The van der Waals surface area contributed by atoms with Crippen LogP contribution in [0.15, 0.2) is 171 Å². The molecule has 0 N–H and O–H groups in total. The fraction of sp³-hybridized carbons (Fsp3) is 0.0238. The van der Waals surface area contributed by atoms with Gasteiger partial charge in [-0.2, -0.15) is 0 Å². The van der Waals surface area contributed by atoms with Crippen molar-refractivity contribution < 1.29 is 4.57 Å². The Bertz CT molecular complexity index is 2030. The molecule has 7 aromatic heterocycles. The van der Waals surface area contributed by atoms with Gasteiger partial charge in [-0.1, -0.05) is 48.5 Å². The van der Waals surface area contributed by atoms with E-state index in [4.69, 9.17) is 9.97 Å². The predicted octanol–water partition coefficient (Wildman–Crippen LogP) is 8.39. The lowest BCUT2D eigenvalue weighted by molar-refractivity contribution is -0.688. The average Bonchev–Trinajstić information content (AvgIpc) is 3.19. The molecule has 49 heavy (non-hydrogen) atoms. The molecule has 232 valence electrons. The summed E-state index contributed by atoms with van der Waals surface area (Å²) in [6, 6.07) is 44.8. The number of aromatic nitrogens is 7. The van der Waals surface area contributed by atoms with Gasteiger partial charge in [0, 0.05) is 42.5 Å². The highest BCUT2D eigenvalue weighted by Gasteiger charge is 2.13. The molecule has 0 aliphatic rings. The van der Waals surface area contributed by atoms with E-state index >= 15 is 0 Å². The van der Waals surface area contributed by atoms with Crippen LogP contribution < -0.4 is 4.57 Å². The van der Waals surface area contributed by atoms with Crippen LogP contribution in [0.1, 0.15) is 5.56 Å². The Balaban J connectivity index is 1.06. The Morgan fingerprint density at radius 3 is 1.06 bits per heavy atom. The van der Waals surface area contributed by atoms with Crippen LogP contribution in [0.4, 0.5) is 0 Å². The van der Waals surface area contributed by atoms with Crippen molar-refractivity contribution in [3.63, 3.8) is 0 Å². The van der Waals surface area contributed by atoms with Crippen LogP contribution in [0, 0.1) is 0 Å². The smallest absolute Gasteiger partial charge is 0.173 e. The van der Waals surface area contributed by atoms with E-state index in [9.17, 15) is 0 Å². The summed E-state index contributed by atoms with van der Waals surface area (Å²) in [6.45, 7) is 0.740. The quantitative estimate of drug-likeness (QED) is 0.157. The fourth-order valence-corrected chi connectivity index (χ4v) is 5.75. The molecule has 0 unspecified atom stereocenters. The van der Waals surface area contributed by atoms with Gasteiger partial charge in [0.2, 0.25) is 0 Å². The molecule has 0 fully saturated rings. The molecule has 0 radical (unpaired) electrons. The lowest BCUT2D eigenvalue weighted by atomic mass is 10.0. The summed E-state index contributed by atoms with van der Waals surface area (Å²) in [6.07, 6.45) is 11.4. The van der Waals surface area contributed by atoms with Gasteiger partial charge in [-0.05, 0) is 95.1 Å². The van der Waals surface area contributed by atoms with Gasteiger partial charge in [0.15, 0.2) is 18.9 Å². The third-order valence-corrected chi connectivity index (χ3v) is 8.24. The summed E-state index contributed by atoms with van der Waals surface area (Å²) in [7, 11) is 0. The lowest BCUT2D eigenvalue weighted by Gasteiger charge is -2.10. The monoisotopic (exact) mass is 632 g/mol. The third-order valence-electron chi connectivity index (χ3n) is 8.24. The van der Waals surface area contributed by atoms with Crippen molar-refractivity contribution in [1.29, 1.82) is 0 Å². The molecule has 0 atom stereocenters. The van der Waals surface area contributed by atoms with Crippen molar-refractivity contribution >= 4 is 0 Å². The highest BCUT2D eigenvalue weighted by molar-refractivity contribution is 5.76. The first kappa shape index (κ1) is 29.7. The van der Waals surface area contributed by atoms with Crippen LogP contribution in [0.2, 0.25) is 0 Å². The van der Waals surface area contributed by atoms with Gasteiger partial charge in [0.1, 0.15) is 0 Å². The SMILES string of the molecule is c1ccc(-c2cc(-c3ccc(C[n+]4ccc(-c5cc(-c6ccccn6)nc(-c6ccccn6)c5)cc4)cc3)cc(-c3ccccn3)n2)nc1. The number of hydrogen-bond acceptors (Lipinski definition) is 6. The second-order valence-electron chi connectivity index (χ2n) is 11.6. The summed E-state index contributed by atoms with van der Waals surface area (Å²) in [4.78, 5) is 28.0. The second-order valence-corrected chi connectivity index (χ2v) is 11.6. The minimum absolute atomic E-state index is 0.740. The number of hydrogen-bond donors (Lipinski definition) is 0. The van der Waals surface area contributed by atoms with Gasteiger partial charge in [-0.15, -0.1) is 0 Å². The maximum Gasteiger partial charge on any atom is 0.173 e. The molecule has 0 spiro atoms. The standard InChI is InChI=1S/C42H30N7/c1-5-19-43-35(9-1)39-25-33(26-40(47-39)36-10-2-6-20-44-36)31-15-13-30(14-16-31)29-49-23-17-32(18-24-49)34-27-41(37-11-3-7-21-45-37)48-42(28-34)38-12-4-8-22-46-38/h1-28H,29H2/q+1. The molecule has 0 amide bonds. The van der Waals surface area contributed by atoms with Crippen LogP contribution in [0.25, 0.3) is 67.8 Å². The molecule has 0 saturated carbocycles. The Kier molecular flexibility index (Phi) is 8.20. The first-order chi connectivity index (χ1) is 24.2. The van der Waals surface area contributed by atoms with E-state index in [2.05, 4.69) is 97.6 Å². The van der Waals surface area contributed by atoms with E-state index in [1.165, 1.54) is 5.56 Å². The Morgan fingerprint density at radius 2 is 0.714 bits per heavy atom. The van der Waals surface area contributed by atoms with Gasteiger partial charge in [-0.25, -0.2) is 14.5 Å². The number of nitrogens with zero attached hydrogens (tertiary/aromatic N) is 7. The number of benzene rings is 1. The van der Waals surface area contributed by atoms with Crippen LogP contribution in [-0.2, 0) is 6.54 Å². The Morgan fingerprint density at radius 1 is 0.347 bits per heavy atom. The summed E-state index contributed by atoms with van der Waals surface area (Å²) in [5, 5.41) is 0. The molecule has 7 heterocycles. The summed E-state index contributed by atoms with van der Waals surface area (Å²) >= 11 is 0. The van der Waals surface area contributed by atoms with Gasteiger partial charge in [0.05, 0.1) is 45.6 Å². The van der Waals surface area contributed by atoms with Crippen molar-refractivity contribution in [3.8, 4) is 67.8 Å². The summed E-state index contributed by atoms with van der Waals surface area (Å²) in [5.41, 5.74) is 12.0. The zero-order valence-electron chi connectivity index (χ0n) is 26.5. The highest BCUT2D eigenvalue weighted by atomic mass is 14.9. The van der Waals surface area contributed by atoms with E-state index < -0.39 is 0 Å². The van der Waals surface area contributed by atoms with Crippen molar-refractivity contribution in [2.24, 2.45) is 0 Å². The predicted molar refractivity (Wildman–Crippen MR) is 192 cm³/mol. The van der Waals surface area contributed by atoms with Gasteiger partial charge in [-0.3, -0.25) is 19.9 Å². The van der Waals surface area contributed by atoms with Crippen LogP contribution in [0.5, 0.6) is 0 Å². The molecular formula is C42H30N7+. The molecule has 8 aromatic rings. The molecule has 8 rings (SSSR count). The van der Waals surface area contributed by atoms with Crippen molar-refractivity contribution in [1.82, 2.24) is 29.9 Å². The van der Waals surface area contributed by atoms with Crippen molar-refractivity contribution in [2.45, 2.75) is 6.54 Å². The van der Waals surface area contributed by atoms with Crippen LogP contribution >= 0.6 is 0 Å². The molecule has 1 aromatic carbocycles. The molecule has 7 nitrogen and oxygen atoms in total. The van der Waals surface area contributed by atoms with Crippen LogP contribution in [-0.4, -0.2) is 29.9 Å². The summed E-state index contributed by atoms with van der Waals surface area (Å²) in [5.74, 6) is 0. The fourth-order valence-electron chi connectivity index (χ4n) is 5.75. The second kappa shape index (κ2) is 13.6. The van der Waals surface area contributed by atoms with Crippen molar-refractivity contribution in [2.75, 3.05) is 0 Å². The van der Waals surface area contributed by atoms with E-state index in [1.54, 1.807) is 24.8 Å². The van der Waals surface area contributed by atoms with Crippen molar-refractivity contribution in [3.05, 3.63) is 176 Å². The van der Waals surface area contributed by atoms with Crippen LogP contribution in [0.3, 0.4) is 0 Å². The van der Waals surface area contributed by atoms with E-state index in [-0.39, 0.29) is 0 Å². The average molecular weight is 633 g/mol. The molecular weight excluding hydrogens is 603 g/mol.